The Bertz CT molecular complexity index is 1420. The maximum absolute atomic E-state index is 11.6. The van der Waals surface area contributed by atoms with Crippen molar-refractivity contribution in [2.24, 2.45) is 7.05 Å². The molecule has 1 fully saturated rings. The first-order valence-corrected chi connectivity index (χ1v) is 13.9. The number of nitrogens with zero attached hydrogens (tertiary/aromatic N) is 4. The van der Waals surface area contributed by atoms with Crippen molar-refractivity contribution in [2.75, 3.05) is 30.3 Å². The Morgan fingerprint density at radius 1 is 1.26 bits per heavy atom. The van der Waals surface area contributed by atoms with Crippen molar-refractivity contribution in [1.82, 2.24) is 19.9 Å². The highest BCUT2D eigenvalue weighted by atomic mass is 32.1. The molecule has 1 aliphatic rings. The van der Waals surface area contributed by atoms with E-state index in [9.17, 15) is 15.0 Å². The van der Waals surface area contributed by atoms with Crippen LogP contribution in [0, 0.1) is 0 Å². The van der Waals surface area contributed by atoms with Crippen LogP contribution in [0.15, 0.2) is 42.7 Å². The summed E-state index contributed by atoms with van der Waals surface area (Å²) in [5.74, 6) is 0.773. The van der Waals surface area contributed by atoms with Crippen molar-refractivity contribution < 1.29 is 15.0 Å². The third-order valence-corrected chi connectivity index (χ3v) is 8.36. The zero-order valence-electron chi connectivity index (χ0n) is 21.7. The molecule has 0 aliphatic carbocycles. The van der Waals surface area contributed by atoms with Gasteiger partial charge in [0.25, 0.3) is 0 Å². The number of anilines is 2. The number of nitrogen functional groups attached to an aromatic ring is 1. The molecule has 3 aromatic heterocycles. The van der Waals surface area contributed by atoms with Gasteiger partial charge in [-0.25, -0.2) is 14.8 Å². The quantitative estimate of drug-likeness (QED) is 0.251. The van der Waals surface area contributed by atoms with E-state index in [0.29, 0.717) is 23.1 Å². The van der Waals surface area contributed by atoms with Gasteiger partial charge in [-0.3, -0.25) is 0 Å². The topological polar surface area (TPSA) is 130 Å². The van der Waals surface area contributed by atoms with Gasteiger partial charge in [0.05, 0.1) is 11.8 Å². The van der Waals surface area contributed by atoms with Gasteiger partial charge in [-0.1, -0.05) is 37.6 Å². The summed E-state index contributed by atoms with van der Waals surface area (Å²) >= 11 is 1.15. The molecule has 4 aromatic rings. The summed E-state index contributed by atoms with van der Waals surface area (Å²) in [6.07, 6.45) is 6.73. The van der Waals surface area contributed by atoms with Crippen LogP contribution in [0.1, 0.15) is 53.1 Å². The number of fused-ring (bicyclic) bond motifs is 1. The van der Waals surface area contributed by atoms with Crippen molar-refractivity contribution in [3.8, 4) is 11.4 Å². The Kier molecular flexibility index (Phi) is 7.64. The zero-order valence-corrected chi connectivity index (χ0v) is 22.5. The Morgan fingerprint density at radius 2 is 2.00 bits per heavy atom. The predicted molar refractivity (Wildman–Crippen MR) is 152 cm³/mol. The number of nitrogens with one attached hydrogen (secondary N) is 1. The molecule has 1 saturated heterocycles. The van der Waals surface area contributed by atoms with Crippen LogP contribution in [0.2, 0.25) is 0 Å². The standard InChI is InChI=1S/C28H34N6O3S/c1-3-4-19-15-22(32-27-23(19)24(29)25(38-27)28(36)37)34-12-9-20(10-13-34)31-16-21(35)17-5-7-18(8-6-17)26-30-11-14-33(26)2/h5-8,11,14-15,20-21,31,35H,3-4,9-10,12-13,16,29H2,1-2H3,(H,36,37). The first-order valence-electron chi connectivity index (χ1n) is 13.0. The van der Waals surface area contributed by atoms with Crippen molar-refractivity contribution in [1.29, 1.82) is 0 Å². The van der Waals surface area contributed by atoms with Gasteiger partial charge in [-0.2, -0.15) is 0 Å². The summed E-state index contributed by atoms with van der Waals surface area (Å²) in [7, 11) is 1.96. The lowest BCUT2D eigenvalue weighted by Gasteiger charge is -2.34. The summed E-state index contributed by atoms with van der Waals surface area (Å²) in [4.78, 5) is 23.9. The SMILES string of the molecule is CCCc1cc(N2CCC(NCC(O)c3ccc(-c4nccn4C)cc3)CC2)nc2sc(C(=O)O)c(N)c12. The van der Waals surface area contributed by atoms with E-state index < -0.39 is 12.1 Å². The molecule has 38 heavy (non-hydrogen) atoms. The van der Waals surface area contributed by atoms with Crippen LogP contribution in [-0.2, 0) is 13.5 Å². The molecule has 0 saturated carbocycles. The summed E-state index contributed by atoms with van der Waals surface area (Å²) < 4.78 is 1.97. The molecule has 1 unspecified atom stereocenters. The van der Waals surface area contributed by atoms with E-state index in [1.54, 1.807) is 6.20 Å². The third-order valence-electron chi connectivity index (χ3n) is 7.27. The Morgan fingerprint density at radius 3 is 2.63 bits per heavy atom. The number of aromatic nitrogens is 3. The van der Waals surface area contributed by atoms with Crippen LogP contribution < -0.4 is 16.0 Å². The fraction of sp³-hybridized carbons (Fsp3) is 0.393. The average molecular weight is 535 g/mol. The van der Waals surface area contributed by atoms with Crippen LogP contribution in [0.25, 0.3) is 21.6 Å². The number of carboxylic acids is 1. The number of benzene rings is 1. The molecule has 0 radical (unpaired) electrons. The van der Waals surface area contributed by atoms with Crippen LogP contribution in [0.5, 0.6) is 0 Å². The average Bonchev–Trinajstić information content (AvgIpc) is 3.50. The first kappa shape index (κ1) is 26.1. The predicted octanol–water partition coefficient (Wildman–Crippen LogP) is 4.22. The van der Waals surface area contributed by atoms with Gasteiger partial charge in [0.1, 0.15) is 21.3 Å². The van der Waals surface area contributed by atoms with Crippen LogP contribution >= 0.6 is 11.3 Å². The number of hydrogen-bond acceptors (Lipinski definition) is 8. The fourth-order valence-corrected chi connectivity index (χ4v) is 6.15. The number of aromatic carboxylic acids is 1. The molecule has 200 valence electrons. The van der Waals surface area contributed by atoms with Gasteiger partial charge in [0, 0.05) is 56.1 Å². The summed E-state index contributed by atoms with van der Waals surface area (Å²) in [5.41, 5.74) is 9.48. The highest BCUT2D eigenvalue weighted by molar-refractivity contribution is 7.21. The van der Waals surface area contributed by atoms with E-state index in [1.807, 2.05) is 42.1 Å². The number of hydrogen-bond donors (Lipinski definition) is 4. The smallest absolute Gasteiger partial charge is 0.348 e. The van der Waals surface area contributed by atoms with E-state index in [0.717, 1.165) is 83.8 Å². The van der Waals surface area contributed by atoms with Crippen molar-refractivity contribution in [3.05, 3.63) is 58.7 Å². The van der Waals surface area contributed by atoms with E-state index in [4.69, 9.17) is 10.7 Å². The lowest BCUT2D eigenvalue weighted by molar-refractivity contribution is 0.0703. The molecular formula is C28H34N6O3S. The molecule has 0 bridgehead atoms. The Balaban J connectivity index is 1.19. The van der Waals surface area contributed by atoms with E-state index >= 15 is 0 Å². The number of carbonyl (C=O) groups is 1. The maximum Gasteiger partial charge on any atom is 0.348 e. The number of piperidine rings is 1. The number of aliphatic hydroxyl groups excluding tert-OH is 1. The summed E-state index contributed by atoms with van der Waals surface area (Å²) in [6.45, 7) is 4.27. The van der Waals surface area contributed by atoms with Gasteiger partial charge < -0.3 is 30.7 Å². The van der Waals surface area contributed by atoms with E-state index in [-0.39, 0.29) is 4.88 Å². The molecule has 1 aromatic carbocycles. The second-order valence-electron chi connectivity index (χ2n) is 9.89. The lowest BCUT2D eigenvalue weighted by Crippen LogP contribution is -2.44. The summed E-state index contributed by atoms with van der Waals surface area (Å²) in [5, 5.41) is 24.6. The Labute approximate surface area is 225 Å². The highest BCUT2D eigenvalue weighted by Crippen LogP contribution is 2.37. The van der Waals surface area contributed by atoms with Crippen molar-refractivity contribution in [2.45, 2.75) is 44.8 Å². The zero-order chi connectivity index (χ0) is 26.8. The third kappa shape index (κ3) is 5.24. The largest absolute Gasteiger partial charge is 0.477 e. The molecule has 1 aliphatic heterocycles. The van der Waals surface area contributed by atoms with Gasteiger partial charge in [-0.15, -0.1) is 11.3 Å². The highest BCUT2D eigenvalue weighted by Gasteiger charge is 2.24. The molecule has 1 atom stereocenters. The number of pyridine rings is 1. The van der Waals surface area contributed by atoms with Gasteiger partial charge in [0.15, 0.2) is 0 Å². The second kappa shape index (κ2) is 11.1. The minimum atomic E-state index is -1.01. The van der Waals surface area contributed by atoms with Gasteiger partial charge in [-0.05, 0) is 36.5 Å². The molecule has 5 rings (SSSR count). The number of thiophene rings is 1. The van der Waals surface area contributed by atoms with E-state index in [2.05, 4.69) is 28.2 Å². The molecule has 0 amide bonds. The summed E-state index contributed by atoms with van der Waals surface area (Å²) in [6, 6.07) is 10.3. The lowest BCUT2D eigenvalue weighted by atomic mass is 10.0. The molecule has 9 nitrogen and oxygen atoms in total. The van der Waals surface area contributed by atoms with Crippen LogP contribution in [-0.4, -0.2) is 56.4 Å². The molecule has 5 N–H and O–H groups in total. The van der Waals surface area contributed by atoms with Crippen LogP contribution in [0.3, 0.4) is 0 Å². The normalized spacial score (nSPS) is 15.3. The number of aryl methyl sites for hydroxylation is 2. The van der Waals surface area contributed by atoms with Gasteiger partial charge >= 0.3 is 5.97 Å². The fourth-order valence-electron chi connectivity index (χ4n) is 5.18. The maximum atomic E-state index is 11.6. The van der Waals surface area contributed by atoms with Gasteiger partial charge in [0.2, 0.25) is 0 Å². The minimum Gasteiger partial charge on any atom is -0.477 e. The van der Waals surface area contributed by atoms with Crippen LogP contribution in [0.4, 0.5) is 11.5 Å². The van der Waals surface area contributed by atoms with Crippen molar-refractivity contribution >= 4 is 39.0 Å². The first-order chi connectivity index (χ1) is 18.4. The molecule has 10 heteroatoms. The molecule has 4 heterocycles. The number of carboxylic acid groups (broad SMARTS) is 1. The second-order valence-corrected chi connectivity index (χ2v) is 10.9. The number of nitrogens with two attached hydrogens (primary N) is 1. The number of aliphatic hydroxyl groups is 1. The van der Waals surface area contributed by atoms with E-state index in [1.165, 1.54) is 0 Å². The van der Waals surface area contributed by atoms with Crippen molar-refractivity contribution in [3.63, 3.8) is 0 Å². The minimum absolute atomic E-state index is 0.162. The monoisotopic (exact) mass is 534 g/mol. The molecular weight excluding hydrogens is 500 g/mol. The Hall–Kier alpha value is -3.47. The molecule has 0 spiro atoms. The number of rotatable bonds is 9. The number of imidazole rings is 1.